The summed E-state index contributed by atoms with van der Waals surface area (Å²) in [4.78, 5) is 8.73. The number of halogens is 1. The van der Waals surface area contributed by atoms with Crippen molar-refractivity contribution in [2.75, 3.05) is 18.5 Å². The fourth-order valence-electron chi connectivity index (χ4n) is 2.08. The van der Waals surface area contributed by atoms with E-state index in [4.69, 9.17) is 16.7 Å². The SMILES string of the molecule is OCCCCCNc1nc(Cl)c2c(n1)CCC2. The molecule has 0 fully saturated rings. The van der Waals surface area contributed by atoms with Crippen LogP contribution in [0.2, 0.25) is 5.15 Å². The number of nitrogens with zero attached hydrogens (tertiary/aromatic N) is 2. The highest BCUT2D eigenvalue weighted by Gasteiger charge is 2.17. The Kier molecular flexibility index (Phi) is 4.57. The van der Waals surface area contributed by atoms with Crippen LogP contribution in [0.5, 0.6) is 0 Å². The normalized spacial score (nSPS) is 13.8. The topological polar surface area (TPSA) is 58.0 Å². The number of fused-ring (bicyclic) bond motifs is 1. The van der Waals surface area contributed by atoms with Crippen LogP contribution in [0.15, 0.2) is 0 Å². The van der Waals surface area contributed by atoms with Crippen LogP contribution in [0.1, 0.15) is 36.9 Å². The minimum Gasteiger partial charge on any atom is -0.396 e. The lowest BCUT2D eigenvalue weighted by Gasteiger charge is -2.07. The van der Waals surface area contributed by atoms with Gasteiger partial charge in [0.15, 0.2) is 0 Å². The van der Waals surface area contributed by atoms with Gasteiger partial charge in [0.2, 0.25) is 5.95 Å². The van der Waals surface area contributed by atoms with Gasteiger partial charge in [-0.05, 0) is 38.5 Å². The van der Waals surface area contributed by atoms with E-state index >= 15 is 0 Å². The number of hydrogen-bond donors (Lipinski definition) is 2. The van der Waals surface area contributed by atoms with Crippen molar-refractivity contribution in [1.29, 1.82) is 0 Å². The van der Waals surface area contributed by atoms with E-state index in [1.54, 1.807) is 0 Å². The molecule has 0 atom stereocenters. The van der Waals surface area contributed by atoms with E-state index in [2.05, 4.69) is 15.3 Å². The van der Waals surface area contributed by atoms with E-state index in [9.17, 15) is 0 Å². The highest BCUT2D eigenvalue weighted by Crippen LogP contribution is 2.26. The molecule has 1 aliphatic rings. The second-order valence-electron chi connectivity index (χ2n) is 4.33. The third-order valence-electron chi connectivity index (χ3n) is 3.00. The van der Waals surface area contributed by atoms with Crippen LogP contribution < -0.4 is 5.32 Å². The number of hydrogen-bond acceptors (Lipinski definition) is 4. The van der Waals surface area contributed by atoms with Crippen molar-refractivity contribution >= 4 is 17.5 Å². The standard InChI is InChI=1S/C12H18ClN3O/c13-11-9-5-4-6-10(9)15-12(16-11)14-7-2-1-3-8-17/h17H,1-8H2,(H,14,15,16). The first-order valence-corrected chi connectivity index (χ1v) is 6.59. The summed E-state index contributed by atoms with van der Waals surface area (Å²) in [5, 5.41) is 12.5. The van der Waals surface area contributed by atoms with Crippen molar-refractivity contribution in [1.82, 2.24) is 9.97 Å². The van der Waals surface area contributed by atoms with E-state index in [1.165, 1.54) is 0 Å². The van der Waals surface area contributed by atoms with Gasteiger partial charge in [-0.1, -0.05) is 11.6 Å². The molecule has 17 heavy (non-hydrogen) atoms. The van der Waals surface area contributed by atoms with Gasteiger partial charge in [0.25, 0.3) is 0 Å². The molecule has 1 aliphatic carbocycles. The van der Waals surface area contributed by atoms with Gasteiger partial charge in [-0.25, -0.2) is 9.97 Å². The predicted octanol–water partition coefficient (Wildman–Crippen LogP) is 2.19. The van der Waals surface area contributed by atoms with Gasteiger partial charge in [-0.3, -0.25) is 0 Å². The molecule has 2 rings (SSSR count). The number of nitrogens with one attached hydrogen (secondary N) is 1. The molecular weight excluding hydrogens is 238 g/mol. The Morgan fingerprint density at radius 1 is 1.18 bits per heavy atom. The average molecular weight is 256 g/mol. The first-order chi connectivity index (χ1) is 8.31. The highest BCUT2D eigenvalue weighted by molar-refractivity contribution is 6.30. The van der Waals surface area contributed by atoms with Crippen molar-refractivity contribution < 1.29 is 5.11 Å². The van der Waals surface area contributed by atoms with E-state index in [0.717, 1.165) is 56.3 Å². The number of aliphatic hydroxyl groups is 1. The van der Waals surface area contributed by atoms with Gasteiger partial charge in [0, 0.05) is 18.7 Å². The Labute approximate surface area is 106 Å². The number of aryl methyl sites for hydroxylation is 1. The van der Waals surface area contributed by atoms with Gasteiger partial charge in [0.1, 0.15) is 5.15 Å². The minimum atomic E-state index is 0.265. The number of anilines is 1. The van der Waals surface area contributed by atoms with Crippen LogP contribution in [0, 0.1) is 0 Å². The number of unbranched alkanes of at least 4 members (excludes halogenated alkanes) is 2. The largest absolute Gasteiger partial charge is 0.396 e. The molecule has 0 radical (unpaired) electrons. The highest BCUT2D eigenvalue weighted by atomic mass is 35.5. The Morgan fingerprint density at radius 3 is 2.88 bits per heavy atom. The second-order valence-corrected chi connectivity index (χ2v) is 4.69. The van der Waals surface area contributed by atoms with Crippen molar-refractivity contribution in [3.05, 3.63) is 16.4 Å². The Bertz CT molecular complexity index is 384. The molecule has 0 unspecified atom stereocenters. The molecule has 1 aromatic heterocycles. The third kappa shape index (κ3) is 3.30. The van der Waals surface area contributed by atoms with Crippen LogP contribution in [0.4, 0.5) is 5.95 Å². The van der Waals surface area contributed by atoms with E-state index in [1.807, 2.05) is 0 Å². The van der Waals surface area contributed by atoms with Crippen molar-refractivity contribution in [2.24, 2.45) is 0 Å². The zero-order valence-corrected chi connectivity index (χ0v) is 10.6. The smallest absolute Gasteiger partial charge is 0.224 e. The molecule has 4 nitrogen and oxygen atoms in total. The molecule has 2 N–H and O–H groups in total. The summed E-state index contributed by atoms with van der Waals surface area (Å²) in [5.41, 5.74) is 2.22. The molecule has 0 amide bonds. The molecule has 0 aromatic carbocycles. The van der Waals surface area contributed by atoms with Crippen molar-refractivity contribution in [3.63, 3.8) is 0 Å². The summed E-state index contributed by atoms with van der Waals surface area (Å²) in [7, 11) is 0. The lowest BCUT2D eigenvalue weighted by atomic mass is 10.2. The molecular formula is C12H18ClN3O. The fraction of sp³-hybridized carbons (Fsp3) is 0.667. The molecule has 5 heteroatoms. The van der Waals surface area contributed by atoms with Crippen LogP contribution in [0.3, 0.4) is 0 Å². The van der Waals surface area contributed by atoms with Crippen molar-refractivity contribution in [3.8, 4) is 0 Å². The maximum absolute atomic E-state index is 8.66. The fourth-order valence-corrected chi connectivity index (χ4v) is 2.36. The maximum Gasteiger partial charge on any atom is 0.224 e. The van der Waals surface area contributed by atoms with Crippen molar-refractivity contribution in [2.45, 2.75) is 38.5 Å². The van der Waals surface area contributed by atoms with E-state index in [0.29, 0.717) is 11.1 Å². The second kappa shape index (κ2) is 6.17. The number of rotatable bonds is 6. The van der Waals surface area contributed by atoms with Crippen LogP contribution in [0.25, 0.3) is 0 Å². The van der Waals surface area contributed by atoms with Crippen LogP contribution >= 0.6 is 11.6 Å². The first kappa shape index (κ1) is 12.6. The van der Waals surface area contributed by atoms with Gasteiger partial charge in [-0.2, -0.15) is 0 Å². The number of aromatic nitrogens is 2. The van der Waals surface area contributed by atoms with Gasteiger partial charge >= 0.3 is 0 Å². The lowest BCUT2D eigenvalue weighted by Crippen LogP contribution is -2.07. The van der Waals surface area contributed by atoms with Gasteiger partial charge in [0.05, 0.1) is 5.69 Å². The molecule has 0 aliphatic heterocycles. The summed E-state index contributed by atoms with van der Waals surface area (Å²) < 4.78 is 0. The zero-order valence-electron chi connectivity index (χ0n) is 9.88. The summed E-state index contributed by atoms with van der Waals surface area (Å²) in [6, 6.07) is 0. The summed E-state index contributed by atoms with van der Waals surface area (Å²) in [6.45, 7) is 1.09. The lowest BCUT2D eigenvalue weighted by molar-refractivity contribution is 0.283. The van der Waals surface area contributed by atoms with Gasteiger partial charge in [-0.15, -0.1) is 0 Å². The minimum absolute atomic E-state index is 0.265. The van der Waals surface area contributed by atoms with Crippen LogP contribution in [-0.2, 0) is 12.8 Å². The molecule has 0 bridgehead atoms. The maximum atomic E-state index is 8.66. The Hall–Kier alpha value is -0.870. The molecule has 0 spiro atoms. The monoisotopic (exact) mass is 255 g/mol. The quantitative estimate of drug-likeness (QED) is 0.604. The zero-order chi connectivity index (χ0) is 12.1. The molecule has 0 saturated heterocycles. The Balaban J connectivity index is 1.87. The first-order valence-electron chi connectivity index (χ1n) is 6.21. The molecule has 94 valence electrons. The summed E-state index contributed by atoms with van der Waals surface area (Å²) in [6.07, 6.45) is 6.03. The summed E-state index contributed by atoms with van der Waals surface area (Å²) >= 11 is 6.11. The van der Waals surface area contributed by atoms with E-state index < -0.39 is 0 Å². The number of aliphatic hydroxyl groups excluding tert-OH is 1. The van der Waals surface area contributed by atoms with Gasteiger partial charge < -0.3 is 10.4 Å². The summed E-state index contributed by atoms with van der Waals surface area (Å²) in [5.74, 6) is 0.639. The average Bonchev–Trinajstić information content (AvgIpc) is 2.77. The Morgan fingerprint density at radius 2 is 2.06 bits per heavy atom. The molecule has 1 heterocycles. The molecule has 1 aromatic rings. The van der Waals surface area contributed by atoms with Crippen LogP contribution in [-0.4, -0.2) is 28.2 Å². The molecule has 0 saturated carbocycles. The van der Waals surface area contributed by atoms with E-state index in [-0.39, 0.29) is 6.61 Å². The predicted molar refractivity (Wildman–Crippen MR) is 68.5 cm³/mol. The third-order valence-corrected chi connectivity index (χ3v) is 3.31.